The van der Waals surface area contributed by atoms with Crippen molar-refractivity contribution in [2.75, 3.05) is 6.61 Å². The van der Waals surface area contributed by atoms with Crippen molar-refractivity contribution >= 4 is 11.8 Å². The molecule has 134 valence electrons. The molecule has 3 atom stereocenters. The largest absolute Gasteiger partial charge is 0.353 e. The van der Waals surface area contributed by atoms with Gasteiger partial charge in [-0.15, -0.1) is 0 Å². The van der Waals surface area contributed by atoms with Crippen LogP contribution in [-0.4, -0.2) is 41.1 Å². The first-order valence-corrected chi connectivity index (χ1v) is 9.86. The molecular weight excluding hydrogens is 304 g/mol. The van der Waals surface area contributed by atoms with Crippen LogP contribution < -0.4 is 5.32 Å². The van der Waals surface area contributed by atoms with Gasteiger partial charge in [0, 0.05) is 12.0 Å². The molecule has 4 rings (SSSR count). The van der Waals surface area contributed by atoms with E-state index in [0.29, 0.717) is 18.6 Å². The fourth-order valence-electron chi connectivity index (χ4n) is 4.93. The molecule has 1 N–H and O–H groups in total. The second-order valence-electron chi connectivity index (χ2n) is 8.45. The van der Waals surface area contributed by atoms with Crippen molar-refractivity contribution in [2.45, 2.75) is 88.9 Å². The van der Waals surface area contributed by atoms with E-state index in [-0.39, 0.29) is 17.7 Å². The molecule has 4 aliphatic rings. The van der Waals surface area contributed by atoms with E-state index in [1.165, 1.54) is 6.42 Å². The lowest BCUT2D eigenvalue weighted by Crippen LogP contribution is -2.58. The van der Waals surface area contributed by atoms with Gasteiger partial charge in [-0.3, -0.25) is 14.5 Å². The highest BCUT2D eigenvalue weighted by Crippen LogP contribution is 2.44. The van der Waals surface area contributed by atoms with E-state index in [1.807, 2.05) is 4.90 Å². The molecule has 0 aromatic heterocycles. The molecule has 4 fully saturated rings. The predicted molar refractivity (Wildman–Crippen MR) is 90.1 cm³/mol. The molecule has 5 nitrogen and oxygen atoms in total. The summed E-state index contributed by atoms with van der Waals surface area (Å²) >= 11 is 0. The fraction of sp³-hybridized carbons (Fsp3) is 0.895. The van der Waals surface area contributed by atoms with E-state index in [2.05, 4.69) is 12.2 Å². The van der Waals surface area contributed by atoms with Gasteiger partial charge in [-0.1, -0.05) is 26.2 Å². The van der Waals surface area contributed by atoms with E-state index >= 15 is 0 Å². The van der Waals surface area contributed by atoms with E-state index in [4.69, 9.17) is 4.74 Å². The normalized spacial score (nSPS) is 37.1. The van der Waals surface area contributed by atoms with E-state index in [0.717, 1.165) is 57.8 Å². The number of nitrogens with zero attached hydrogens (tertiary/aromatic N) is 1. The Morgan fingerprint density at radius 2 is 1.83 bits per heavy atom. The maximum absolute atomic E-state index is 13.3. The molecule has 1 heterocycles. The van der Waals surface area contributed by atoms with Crippen LogP contribution in [0.5, 0.6) is 0 Å². The van der Waals surface area contributed by atoms with E-state index < -0.39 is 11.8 Å². The van der Waals surface area contributed by atoms with Crippen LogP contribution in [-0.2, 0) is 14.3 Å². The lowest BCUT2D eigenvalue weighted by molar-refractivity contribution is -0.166. The highest BCUT2D eigenvalue weighted by Gasteiger charge is 2.55. The van der Waals surface area contributed by atoms with Gasteiger partial charge in [0.1, 0.15) is 11.8 Å². The van der Waals surface area contributed by atoms with Crippen molar-refractivity contribution in [3.63, 3.8) is 0 Å². The third-order valence-corrected chi connectivity index (χ3v) is 6.36. The number of amides is 2. The number of ether oxygens (including phenoxy) is 1. The summed E-state index contributed by atoms with van der Waals surface area (Å²) in [4.78, 5) is 28.0. The number of nitrogens with one attached hydrogen (secondary N) is 1. The smallest absolute Gasteiger partial charge is 0.245 e. The van der Waals surface area contributed by atoms with Crippen molar-refractivity contribution in [3.8, 4) is 0 Å². The lowest BCUT2D eigenvalue weighted by Gasteiger charge is -2.44. The van der Waals surface area contributed by atoms with Crippen molar-refractivity contribution in [3.05, 3.63) is 0 Å². The number of carbonyl (C=O) groups excluding carboxylic acids is 2. The highest BCUT2D eigenvalue weighted by atomic mass is 16.5. The van der Waals surface area contributed by atoms with Gasteiger partial charge < -0.3 is 10.1 Å². The third kappa shape index (κ3) is 2.96. The van der Waals surface area contributed by atoms with Crippen LogP contribution in [0.1, 0.15) is 71.1 Å². The molecule has 1 spiro atoms. The van der Waals surface area contributed by atoms with Crippen molar-refractivity contribution in [1.29, 1.82) is 0 Å². The van der Waals surface area contributed by atoms with Crippen molar-refractivity contribution < 1.29 is 14.3 Å². The fourth-order valence-corrected chi connectivity index (χ4v) is 4.93. The van der Waals surface area contributed by atoms with Gasteiger partial charge in [0.25, 0.3) is 0 Å². The second kappa shape index (κ2) is 6.32. The first kappa shape index (κ1) is 16.4. The summed E-state index contributed by atoms with van der Waals surface area (Å²) in [5.41, 5.74) is -0.525. The average Bonchev–Trinajstić information content (AvgIpc) is 3.08. The second-order valence-corrected chi connectivity index (χ2v) is 8.45. The van der Waals surface area contributed by atoms with Gasteiger partial charge in [-0.25, -0.2) is 0 Å². The van der Waals surface area contributed by atoms with Gasteiger partial charge in [-0.2, -0.15) is 0 Å². The quantitative estimate of drug-likeness (QED) is 0.863. The van der Waals surface area contributed by atoms with Crippen LogP contribution in [0.25, 0.3) is 0 Å². The zero-order chi connectivity index (χ0) is 16.7. The molecule has 2 amide bonds. The van der Waals surface area contributed by atoms with Crippen LogP contribution >= 0.6 is 0 Å². The number of rotatable bonds is 3. The number of carbonyl (C=O) groups is 2. The minimum absolute atomic E-state index is 0.000974. The Hall–Kier alpha value is -1.10. The molecule has 3 saturated carbocycles. The highest BCUT2D eigenvalue weighted by molar-refractivity contribution is 5.90. The molecule has 5 heteroatoms. The summed E-state index contributed by atoms with van der Waals surface area (Å²) in [7, 11) is 0. The lowest BCUT2D eigenvalue weighted by atomic mass is 9.82. The first-order chi connectivity index (χ1) is 11.6. The third-order valence-electron chi connectivity index (χ3n) is 6.36. The Labute approximate surface area is 144 Å². The molecule has 0 aromatic carbocycles. The zero-order valence-electron chi connectivity index (χ0n) is 14.8. The van der Waals surface area contributed by atoms with Crippen LogP contribution in [0.15, 0.2) is 0 Å². The van der Waals surface area contributed by atoms with Crippen LogP contribution in [0, 0.1) is 11.8 Å². The minimum atomic E-state index is -0.525. The number of hydrogen-bond donors (Lipinski definition) is 1. The molecule has 1 aliphatic heterocycles. The van der Waals surface area contributed by atoms with Gasteiger partial charge in [0.2, 0.25) is 11.8 Å². The summed E-state index contributed by atoms with van der Waals surface area (Å²) in [6, 6.07) is -0.105. The van der Waals surface area contributed by atoms with E-state index in [1.54, 1.807) is 0 Å². The van der Waals surface area contributed by atoms with Gasteiger partial charge in [-0.05, 0) is 50.9 Å². The maximum Gasteiger partial charge on any atom is 0.245 e. The van der Waals surface area contributed by atoms with Gasteiger partial charge in [0.05, 0.1) is 6.61 Å². The number of hydrogen-bond acceptors (Lipinski definition) is 3. The summed E-state index contributed by atoms with van der Waals surface area (Å²) in [6.07, 6.45) is 10.4. The molecule has 0 radical (unpaired) electrons. The molecule has 0 bridgehead atoms. The standard InChI is InChI=1S/C19H30N2O3/c1-13-5-4-10-19(11-13)21(18(23)14-6-2-3-7-14)16(12-24-19)17(22)20-15-8-9-15/h13-16H,2-12H2,1H3,(H,20,22)/t13-,16+,19-/m1/s1. The van der Waals surface area contributed by atoms with Crippen molar-refractivity contribution in [2.24, 2.45) is 11.8 Å². The Morgan fingerprint density at radius 1 is 1.08 bits per heavy atom. The Kier molecular flexibility index (Phi) is 4.31. The molecule has 24 heavy (non-hydrogen) atoms. The molecule has 3 aliphatic carbocycles. The Morgan fingerprint density at radius 3 is 2.50 bits per heavy atom. The maximum atomic E-state index is 13.3. The molecule has 0 aromatic rings. The summed E-state index contributed by atoms with van der Waals surface area (Å²) in [6.45, 7) is 2.60. The molecule has 1 saturated heterocycles. The average molecular weight is 334 g/mol. The van der Waals surface area contributed by atoms with Gasteiger partial charge in [0.15, 0.2) is 0 Å². The van der Waals surface area contributed by atoms with E-state index in [9.17, 15) is 9.59 Å². The Balaban J connectivity index is 1.58. The minimum Gasteiger partial charge on any atom is -0.353 e. The van der Waals surface area contributed by atoms with Crippen LogP contribution in [0.2, 0.25) is 0 Å². The topological polar surface area (TPSA) is 58.6 Å². The van der Waals surface area contributed by atoms with Gasteiger partial charge >= 0.3 is 0 Å². The summed E-state index contributed by atoms with van der Waals surface area (Å²) in [5, 5.41) is 3.09. The van der Waals surface area contributed by atoms with Crippen molar-refractivity contribution in [1.82, 2.24) is 10.2 Å². The van der Waals surface area contributed by atoms with Crippen LogP contribution in [0.3, 0.4) is 0 Å². The van der Waals surface area contributed by atoms with Crippen LogP contribution in [0.4, 0.5) is 0 Å². The first-order valence-electron chi connectivity index (χ1n) is 9.86. The molecule has 0 unspecified atom stereocenters. The molecular formula is C19H30N2O3. The SMILES string of the molecule is C[C@@H]1CCC[C@]2(C1)OC[C@@H](C(=O)NC1CC1)N2C(=O)C1CCCC1. The summed E-state index contributed by atoms with van der Waals surface area (Å²) < 4.78 is 6.23. The Bertz CT molecular complexity index is 513. The monoisotopic (exact) mass is 334 g/mol. The zero-order valence-corrected chi connectivity index (χ0v) is 14.8. The predicted octanol–water partition coefficient (Wildman–Crippen LogP) is 2.59. The summed E-state index contributed by atoms with van der Waals surface area (Å²) in [5.74, 6) is 0.814.